The van der Waals surface area contributed by atoms with Gasteiger partial charge in [0.2, 0.25) is 11.5 Å². The highest BCUT2D eigenvalue weighted by atomic mass is 16.6. The number of benzene rings is 2. The molecule has 1 N–H and O–H groups in total. The van der Waals surface area contributed by atoms with E-state index in [9.17, 15) is 14.9 Å². The van der Waals surface area contributed by atoms with Gasteiger partial charge in [0.05, 0.1) is 26.3 Å². The second-order valence-electron chi connectivity index (χ2n) is 6.49. The monoisotopic (exact) mass is 403 g/mol. The molecule has 0 heterocycles. The van der Waals surface area contributed by atoms with Crippen molar-refractivity contribution in [3.63, 3.8) is 0 Å². The van der Waals surface area contributed by atoms with Gasteiger partial charge in [-0.3, -0.25) is 14.9 Å². The van der Waals surface area contributed by atoms with E-state index in [4.69, 9.17) is 14.2 Å². The molecule has 0 saturated carbocycles. The minimum Gasteiger partial charge on any atom is -0.493 e. The van der Waals surface area contributed by atoms with Crippen LogP contribution >= 0.6 is 0 Å². The van der Waals surface area contributed by atoms with Crippen molar-refractivity contribution < 1.29 is 23.9 Å². The van der Waals surface area contributed by atoms with Crippen LogP contribution in [0.3, 0.4) is 0 Å². The lowest BCUT2D eigenvalue weighted by atomic mass is 10.1. The van der Waals surface area contributed by atoms with E-state index in [1.807, 2.05) is 43.3 Å². The minimum atomic E-state index is -0.671. The minimum absolute atomic E-state index is 0.0505. The molecule has 2 rings (SSSR count). The number of nitro groups is 1. The lowest BCUT2D eigenvalue weighted by Crippen LogP contribution is -2.25. The van der Waals surface area contributed by atoms with Gasteiger partial charge >= 0.3 is 5.69 Å². The highest BCUT2D eigenvalue weighted by Gasteiger charge is 2.32. The first-order valence-electron chi connectivity index (χ1n) is 8.81. The Hall–Kier alpha value is -3.33. The third-order valence-corrected chi connectivity index (χ3v) is 4.28. The molecule has 1 amide bonds. The third-order valence-electron chi connectivity index (χ3n) is 4.28. The summed E-state index contributed by atoms with van der Waals surface area (Å²) in [5.74, 6) is -0.576. The molecule has 0 aliphatic carbocycles. The average molecular weight is 403 g/mol. The van der Waals surface area contributed by atoms with E-state index in [1.54, 1.807) is 0 Å². The molecule has 9 heteroatoms. The molecule has 2 aromatic rings. The van der Waals surface area contributed by atoms with Gasteiger partial charge in [0.25, 0.3) is 5.91 Å². The number of hydrogen-bond donors (Lipinski definition) is 1. The number of carbonyl (C=O) groups excluding carboxylic acids is 1. The van der Waals surface area contributed by atoms with Gasteiger partial charge in [-0.25, -0.2) is 0 Å². The summed E-state index contributed by atoms with van der Waals surface area (Å²) < 4.78 is 15.5. The number of carbonyl (C=O) groups is 1. The van der Waals surface area contributed by atoms with Crippen LogP contribution in [0.5, 0.6) is 17.2 Å². The molecule has 29 heavy (non-hydrogen) atoms. The molecule has 0 radical (unpaired) electrons. The largest absolute Gasteiger partial charge is 0.493 e. The molecule has 0 saturated heterocycles. The van der Waals surface area contributed by atoms with Gasteiger partial charge in [-0.2, -0.15) is 0 Å². The lowest BCUT2D eigenvalue weighted by molar-refractivity contribution is -0.386. The molecular formula is C20H25N3O6. The molecule has 9 nitrogen and oxygen atoms in total. The number of hydrogen-bond acceptors (Lipinski definition) is 7. The highest BCUT2D eigenvalue weighted by molar-refractivity contribution is 6.00. The van der Waals surface area contributed by atoms with Crippen molar-refractivity contribution in [3.05, 3.63) is 57.1 Å². The maximum Gasteiger partial charge on any atom is 0.327 e. The number of amides is 1. The van der Waals surface area contributed by atoms with E-state index >= 15 is 0 Å². The summed E-state index contributed by atoms with van der Waals surface area (Å²) in [6.45, 7) is 0.924. The Bertz CT molecular complexity index is 898. The van der Waals surface area contributed by atoms with E-state index in [2.05, 4.69) is 5.32 Å². The van der Waals surface area contributed by atoms with Crippen LogP contribution < -0.4 is 19.5 Å². The van der Waals surface area contributed by atoms with E-state index < -0.39 is 16.5 Å². The second-order valence-corrected chi connectivity index (χ2v) is 6.49. The number of nitro benzene ring substituents is 1. The maximum atomic E-state index is 12.8. The van der Waals surface area contributed by atoms with Gasteiger partial charge < -0.3 is 24.4 Å². The van der Waals surface area contributed by atoms with Gasteiger partial charge in [-0.15, -0.1) is 0 Å². The van der Waals surface area contributed by atoms with Crippen LogP contribution in [-0.2, 0) is 13.1 Å². The predicted molar refractivity (Wildman–Crippen MR) is 108 cm³/mol. The summed E-state index contributed by atoms with van der Waals surface area (Å²) in [7, 11) is 7.89. The molecule has 0 spiro atoms. The van der Waals surface area contributed by atoms with Crippen molar-refractivity contribution in [2.45, 2.75) is 13.1 Å². The first-order chi connectivity index (χ1) is 13.8. The Morgan fingerprint density at radius 1 is 1.07 bits per heavy atom. The van der Waals surface area contributed by atoms with Crippen molar-refractivity contribution in [1.82, 2.24) is 10.2 Å². The van der Waals surface area contributed by atoms with E-state index in [-0.39, 0.29) is 29.4 Å². The highest BCUT2D eigenvalue weighted by Crippen LogP contribution is 2.46. The molecule has 0 atom stereocenters. The molecule has 0 aliphatic rings. The second kappa shape index (κ2) is 9.74. The third kappa shape index (κ3) is 4.94. The topological polar surface area (TPSA) is 103 Å². The van der Waals surface area contributed by atoms with Crippen LogP contribution in [0.2, 0.25) is 0 Å². The molecule has 0 fully saturated rings. The van der Waals surface area contributed by atoms with Crippen LogP contribution in [-0.4, -0.2) is 51.2 Å². The predicted octanol–water partition coefficient (Wildman–Crippen LogP) is 2.61. The zero-order valence-electron chi connectivity index (χ0n) is 17.1. The number of methoxy groups -OCH3 is 3. The standard InChI is InChI=1S/C20H25N3O6/c1-22(2)12-14-9-7-6-8-13(14)11-21-20(24)15-10-16(27-3)18(28-4)19(29-5)17(15)23(25)26/h6-10H,11-12H2,1-5H3,(H,21,24). The van der Waals surface area contributed by atoms with Gasteiger partial charge in [0.1, 0.15) is 5.56 Å². The summed E-state index contributed by atoms with van der Waals surface area (Å²) in [5.41, 5.74) is 1.32. The number of ether oxygens (including phenoxy) is 3. The van der Waals surface area contributed by atoms with Gasteiger partial charge in [-0.1, -0.05) is 24.3 Å². The Labute approximate surface area is 169 Å². The average Bonchev–Trinajstić information content (AvgIpc) is 2.70. The number of rotatable bonds is 9. The van der Waals surface area contributed by atoms with Crippen molar-refractivity contribution in [2.24, 2.45) is 0 Å². The van der Waals surface area contributed by atoms with Gasteiger partial charge in [-0.05, 0) is 25.2 Å². The fourth-order valence-electron chi connectivity index (χ4n) is 2.99. The zero-order chi connectivity index (χ0) is 21.6. The van der Waals surface area contributed by atoms with Crippen LogP contribution in [0.25, 0.3) is 0 Å². The molecule has 2 aromatic carbocycles. The van der Waals surface area contributed by atoms with Crippen LogP contribution in [0.4, 0.5) is 5.69 Å². The summed E-state index contributed by atoms with van der Waals surface area (Å²) in [5, 5.41) is 14.4. The summed E-state index contributed by atoms with van der Waals surface area (Å²) in [4.78, 5) is 25.8. The molecule has 0 unspecified atom stereocenters. The zero-order valence-corrected chi connectivity index (χ0v) is 17.1. The SMILES string of the molecule is COc1cc(C(=O)NCc2ccccc2CN(C)C)c([N+](=O)[O-])c(OC)c1OC. The quantitative estimate of drug-likeness (QED) is 0.507. The molecule has 0 bridgehead atoms. The Morgan fingerprint density at radius 2 is 1.69 bits per heavy atom. The van der Waals surface area contributed by atoms with Crippen LogP contribution in [0.1, 0.15) is 21.5 Å². The van der Waals surface area contributed by atoms with E-state index in [0.29, 0.717) is 6.54 Å². The summed E-state index contributed by atoms with van der Waals surface area (Å²) in [6, 6.07) is 8.96. The number of nitrogens with zero attached hydrogens (tertiary/aromatic N) is 2. The van der Waals surface area contributed by atoms with E-state index in [0.717, 1.165) is 11.1 Å². The smallest absolute Gasteiger partial charge is 0.327 e. The Morgan fingerprint density at radius 3 is 2.21 bits per heavy atom. The van der Waals surface area contributed by atoms with Gasteiger partial charge in [0, 0.05) is 19.2 Å². The van der Waals surface area contributed by atoms with Crippen molar-refractivity contribution in [1.29, 1.82) is 0 Å². The van der Waals surface area contributed by atoms with Crippen molar-refractivity contribution in [3.8, 4) is 17.2 Å². The Balaban J connectivity index is 2.40. The van der Waals surface area contributed by atoms with Gasteiger partial charge in [0.15, 0.2) is 5.75 Å². The van der Waals surface area contributed by atoms with Crippen molar-refractivity contribution in [2.75, 3.05) is 35.4 Å². The molecule has 0 aromatic heterocycles. The lowest BCUT2D eigenvalue weighted by Gasteiger charge is -2.16. The fraction of sp³-hybridized carbons (Fsp3) is 0.350. The molecule has 0 aliphatic heterocycles. The Kier molecular flexibility index (Phi) is 7.38. The van der Waals surface area contributed by atoms with Crippen LogP contribution in [0.15, 0.2) is 30.3 Å². The normalized spacial score (nSPS) is 10.6. The molecule has 156 valence electrons. The first kappa shape index (κ1) is 22.0. The number of nitrogens with one attached hydrogen (secondary N) is 1. The first-order valence-corrected chi connectivity index (χ1v) is 8.81. The molecular weight excluding hydrogens is 378 g/mol. The van der Waals surface area contributed by atoms with Crippen LogP contribution in [0, 0.1) is 10.1 Å². The fourth-order valence-corrected chi connectivity index (χ4v) is 2.99. The van der Waals surface area contributed by atoms with Crippen molar-refractivity contribution >= 4 is 11.6 Å². The summed E-state index contributed by atoms with van der Waals surface area (Å²) >= 11 is 0. The van der Waals surface area contributed by atoms with E-state index in [1.165, 1.54) is 27.4 Å². The summed E-state index contributed by atoms with van der Waals surface area (Å²) in [6.07, 6.45) is 0. The maximum absolute atomic E-state index is 12.8.